The molecule has 2 rings (SSSR count). The van der Waals surface area contributed by atoms with Crippen LogP contribution in [0.5, 0.6) is 5.75 Å². The molecule has 1 atom stereocenters. The van der Waals surface area contributed by atoms with Crippen LogP contribution in [0.25, 0.3) is 0 Å². The third-order valence-corrected chi connectivity index (χ3v) is 4.15. The normalized spacial score (nSPS) is 18.8. The predicted molar refractivity (Wildman–Crippen MR) is 85.2 cm³/mol. The van der Waals surface area contributed by atoms with Crippen molar-refractivity contribution in [1.29, 1.82) is 0 Å². The minimum Gasteiger partial charge on any atom is -0.491 e. The Balaban J connectivity index is 1.86. The van der Waals surface area contributed by atoms with Gasteiger partial charge in [-0.15, -0.1) is 0 Å². The number of ether oxygens (including phenoxy) is 1. The molecular formula is C15H20Cl2N2O2. The van der Waals surface area contributed by atoms with Gasteiger partial charge in [0.2, 0.25) is 5.91 Å². The molecule has 0 bridgehead atoms. The molecule has 0 radical (unpaired) electrons. The Morgan fingerprint density at radius 2 is 2.19 bits per heavy atom. The van der Waals surface area contributed by atoms with Gasteiger partial charge in [-0.3, -0.25) is 9.69 Å². The third kappa shape index (κ3) is 4.25. The predicted octanol–water partition coefficient (Wildman–Crippen LogP) is 2.92. The minimum atomic E-state index is -0.0238. The van der Waals surface area contributed by atoms with Crippen LogP contribution in [0.15, 0.2) is 18.2 Å². The third-order valence-electron chi connectivity index (χ3n) is 3.62. The minimum absolute atomic E-state index is 0.0238. The lowest BCUT2D eigenvalue weighted by Gasteiger charge is -2.26. The summed E-state index contributed by atoms with van der Waals surface area (Å²) in [4.78, 5) is 15.9. The first kappa shape index (κ1) is 16.4. The summed E-state index contributed by atoms with van der Waals surface area (Å²) in [6.07, 6.45) is 1.96. The average Bonchev–Trinajstić information content (AvgIpc) is 2.88. The number of carbonyl (C=O) groups is 1. The fraction of sp³-hybridized carbons (Fsp3) is 0.533. The van der Waals surface area contributed by atoms with Crippen LogP contribution in [-0.4, -0.2) is 55.5 Å². The maximum absolute atomic E-state index is 12.1. The van der Waals surface area contributed by atoms with Crippen LogP contribution in [0, 0.1) is 0 Å². The molecule has 116 valence electrons. The van der Waals surface area contributed by atoms with Crippen LogP contribution < -0.4 is 4.74 Å². The highest BCUT2D eigenvalue weighted by Crippen LogP contribution is 2.27. The van der Waals surface area contributed by atoms with Crippen LogP contribution in [-0.2, 0) is 4.79 Å². The van der Waals surface area contributed by atoms with E-state index in [4.69, 9.17) is 27.9 Å². The van der Waals surface area contributed by atoms with Crippen molar-refractivity contribution in [2.24, 2.45) is 0 Å². The summed E-state index contributed by atoms with van der Waals surface area (Å²) in [6.45, 7) is 2.14. The highest BCUT2D eigenvalue weighted by atomic mass is 35.5. The fourth-order valence-electron chi connectivity index (χ4n) is 2.54. The van der Waals surface area contributed by atoms with Crippen LogP contribution in [0.3, 0.4) is 0 Å². The molecule has 1 fully saturated rings. The number of nitrogens with zero attached hydrogens (tertiary/aromatic N) is 2. The molecule has 0 saturated carbocycles. The SMILES string of the molecule is CN(C)C(=O)C1CCCN1CCOc1ccc(Cl)cc1Cl. The summed E-state index contributed by atoms with van der Waals surface area (Å²) in [7, 11) is 3.59. The van der Waals surface area contributed by atoms with Gasteiger partial charge in [-0.1, -0.05) is 23.2 Å². The Kier molecular flexibility index (Phi) is 5.73. The quantitative estimate of drug-likeness (QED) is 0.832. The van der Waals surface area contributed by atoms with Gasteiger partial charge in [-0.05, 0) is 37.6 Å². The van der Waals surface area contributed by atoms with E-state index >= 15 is 0 Å². The summed E-state index contributed by atoms with van der Waals surface area (Å²) < 4.78 is 5.69. The smallest absolute Gasteiger partial charge is 0.239 e. The molecule has 1 aromatic rings. The van der Waals surface area contributed by atoms with E-state index in [2.05, 4.69) is 4.90 Å². The number of benzene rings is 1. The van der Waals surface area contributed by atoms with E-state index < -0.39 is 0 Å². The number of hydrogen-bond donors (Lipinski definition) is 0. The molecule has 1 saturated heterocycles. The molecule has 1 amide bonds. The van der Waals surface area contributed by atoms with E-state index in [9.17, 15) is 4.79 Å². The lowest BCUT2D eigenvalue weighted by Crippen LogP contribution is -2.44. The monoisotopic (exact) mass is 330 g/mol. The lowest BCUT2D eigenvalue weighted by molar-refractivity contribution is -0.133. The zero-order valence-electron chi connectivity index (χ0n) is 12.3. The van der Waals surface area contributed by atoms with Crippen molar-refractivity contribution in [1.82, 2.24) is 9.80 Å². The molecule has 0 N–H and O–H groups in total. The number of carbonyl (C=O) groups excluding carboxylic acids is 1. The number of halogens is 2. The number of amides is 1. The molecule has 1 aliphatic rings. The second-order valence-electron chi connectivity index (χ2n) is 5.35. The summed E-state index contributed by atoms with van der Waals surface area (Å²) in [5.41, 5.74) is 0. The van der Waals surface area contributed by atoms with Gasteiger partial charge in [0.1, 0.15) is 12.4 Å². The number of hydrogen-bond acceptors (Lipinski definition) is 3. The zero-order valence-corrected chi connectivity index (χ0v) is 13.8. The Labute approximate surface area is 135 Å². The Bertz CT molecular complexity index is 508. The van der Waals surface area contributed by atoms with Crippen molar-refractivity contribution in [3.05, 3.63) is 28.2 Å². The molecule has 0 spiro atoms. The molecule has 1 heterocycles. The summed E-state index contributed by atoms with van der Waals surface area (Å²) in [5, 5.41) is 1.09. The highest BCUT2D eigenvalue weighted by molar-refractivity contribution is 6.35. The van der Waals surface area contributed by atoms with Crippen LogP contribution in [0.2, 0.25) is 10.0 Å². The molecule has 0 aromatic heterocycles. The molecule has 6 heteroatoms. The van der Waals surface area contributed by atoms with Gasteiger partial charge in [-0.2, -0.15) is 0 Å². The van der Waals surface area contributed by atoms with Crippen molar-refractivity contribution < 1.29 is 9.53 Å². The highest BCUT2D eigenvalue weighted by Gasteiger charge is 2.31. The molecule has 0 aliphatic carbocycles. The van der Waals surface area contributed by atoms with Crippen LogP contribution in [0.1, 0.15) is 12.8 Å². The van der Waals surface area contributed by atoms with Crippen molar-refractivity contribution in [3.8, 4) is 5.75 Å². The maximum Gasteiger partial charge on any atom is 0.239 e. The molecule has 1 aliphatic heterocycles. The van der Waals surface area contributed by atoms with Crippen molar-refractivity contribution >= 4 is 29.1 Å². The van der Waals surface area contributed by atoms with Crippen molar-refractivity contribution in [3.63, 3.8) is 0 Å². The largest absolute Gasteiger partial charge is 0.491 e. The van der Waals surface area contributed by atoms with Gasteiger partial charge in [0.15, 0.2) is 0 Å². The van der Waals surface area contributed by atoms with Crippen molar-refractivity contribution in [2.75, 3.05) is 33.8 Å². The second kappa shape index (κ2) is 7.34. The van der Waals surface area contributed by atoms with Crippen LogP contribution >= 0.6 is 23.2 Å². The first-order valence-electron chi connectivity index (χ1n) is 7.02. The second-order valence-corrected chi connectivity index (χ2v) is 6.19. The summed E-state index contributed by atoms with van der Waals surface area (Å²) in [6, 6.07) is 5.14. The van der Waals surface area contributed by atoms with Gasteiger partial charge >= 0.3 is 0 Å². The van der Waals surface area contributed by atoms with E-state index in [0.717, 1.165) is 19.4 Å². The van der Waals surface area contributed by atoms with Gasteiger partial charge in [0.05, 0.1) is 11.1 Å². The molecule has 21 heavy (non-hydrogen) atoms. The number of likely N-dealkylation sites (tertiary alicyclic amines) is 1. The van der Waals surface area contributed by atoms with Gasteiger partial charge in [-0.25, -0.2) is 0 Å². The Morgan fingerprint density at radius 3 is 2.86 bits per heavy atom. The number of likely N-dealkylation sites (N-methyl/N-ethyl adjacent to an activating group) is 1. The maximum atomic E-state index is 12.1. The van der Waals surface area contributed by atoms with Gasteiger partial charge in [0, 0.05) is 25.7 Å². The van der Waals surface area contributed by atoms with Crippen molar-refractivity contribution in [2.45, 2.75) is 18.9 Å². The standard InChI is InChI=1S/C15H20Cl2N2O2/c1-18(2)15(20)13-4-3-7-19(13)8-9-21-14-6-5-11(16)10-12(14)17/h5-6,10,13H,3-4,7-9H2,1-2H3. The average molecular weight is 331 g/mol. The molecular weight excluding hydrogens is 311 g/mol. The summed E-state index contributed by atoms with van der Waals surface area (Å²) >= 11 is 11.9. The van der Waals surface area contributed by atoms with Gasteiger partial charge < -0.3 is 9.64 Å². The number of rotatable bonds is 5. The first-order chi connectivity index (χ1) is 9.99. The molecule has 1 aromatic carbocycles. The van der Waals surface area contributed by atoms with E-state index in [1.54, 1.807) is 37.2 Å². The van der Waals surface area contributed by atoms with E-state index in [-0.39, 0.29) is 11.9 Å². The van der Waals surface area contributed by atoms with Crippen LogP contribution in [0.4, 0.5) is 0 Å². The fourth-order valence-corrected chi connectivity index (χ4v) is 3.00. The molecule has 4 nitrogen and oxygen atoms in total. The first-order valence-corrected chi connectivity index (χ1v) is 7.77. The Morgan fingerprint density at radius 1 is 1.43 bits per heavy atom. The van der Waals surface area contributed by atoms with Gasteiger partial charge in [0.25, 0.3) is 0 Å². The lowest BCUT2D eigenvalue weighted by atomic mass is 10.2. The molecule has 1 unspecified atom stereocenters. The topological polar surface area (TPSA) is 32.8 Å². The summed E-state index contributed by atoms with van der Waals surface area (Å²) in [5.74, 6) is 0.785. The van der Waals surface area contributed by atoms with E-state index in [1.165, 1.54) is 0 Å². The zero-order chi connectivity index (χ0) is 15.4. The Hall–Kier alpha value is -0.970. The van der Waals surface area contributed by atoms with E-state index in [0.29, 0.717) is 28.9 Å². The van der Waals surface area contributed by atoms with E-state index in [1.807, 2.05) is 0 Å².